The van der Waals surface area contributed by atoms with Crippen molar-refractivity contribution in [3.63, 3.8) is 0 Å². The highest BCUT2D eigenvalue weighted by Crippen LogP contribution is 2.36. The molecule has 0 fully saturated rings. The van der Waals surface area contributed by atoms with Gasteiger partial charge in [0.1, 0.15) is 11.5 Å². The van der Waals surface area contributed by atoms with E-state index in [9.17, 15) is 0 Å². The van der Waals surface area contributed by atoms with Gasteiger partial charge in [0, 0.05) is 35.8 Å². The average molecular weight is 392 g/mol. The summed E-state index contributed by atoms with van der Waals surface area (Å²) in [7, 11) is 3.32. The van der Waals surface area contributed by atoms with Gasteiger partial charge in [0.15, 0.2) is 0 Å². The second kappa shape index (κ2) is 9.95. The zero-order chi connectivity index (χ0) is 20.0. The summed E-state index contributed by atoms with van der Waals surface area (Å²) in [5, 5.41) is 2.49. The van der Waals surface area contributed by atoms with Crippen LogP contribution in [0.1, 0.15) is 48.9 Å². The normalized spacial score (nSPS) is 12.5. The number of ether oxygens (including phenoxy) is 2. The van der Waals surface area contributed by atoms with Gasteiger partial charge >= 0.3 is 0 Å². The maximum Gasteiger partial charge on any atom is 0.127 e. The fraction of sp³-hybridized carbons (Fsp3) is 0.429. The molecule has 2 aromatic carbocycles. The van der Waals surface area contributed by atoms with Gasteiger partial charge in [0.2, 0.25) is 0 Å². The Morgan fingerprint density at radius 3 is 2.15 bits per heavy atom. The van der Waals surface area contributed by atoms with Crippen LogP contribution in [-0.2, 0) is 6.54 Å². The zero-order valence-electron chi connectivity index (χ0n) is 16.5. The molecule has 0 aliphatic rings. The third-order valence-corrected chi connectivity index (χ3v) is 4.88. The Hall–Kier alpha value is -1.79. The van der Waals surface area contributed by atoms with Crippen LogP contribution < -0.4 is 21.1 Å². The van der Waals surface area contributed by atoms with Crippen molar-refractivity contribution in [2.24, 2.45) is 11.6 Å². The Labute approximate surface area is 167 Å². The lowest BCUT2D eigenvalue weighted by atomic mass is 9.94. The highest BCUT2D eigenvalue weighted by molar-refractivity contribution is 6.30. The molecule has 0 spiro atoms. The first-order chi connectivity index (χ1) is 12.8. The monoisotopic (exact) mass is 391 g/mol. The largest absolute Gasteiger partial charge is 0.496 e. The van der Waals surface area contributed by atoms with Crippen LogP contribution in [0, 0.1) is 0 Å². The summed E-state index contributed by atoms with van der Waals surface area (Å²) in [4.78, 5) is 0. The smallest absolute Gasteiger partial charge is 0.127 e. The van der Waals surface area contributed by atoms with E-state index in [0.29, 0.717) is 25.4 Å². The van der Waals surface area contributed by atoms with E-state index in [0.717, 1.165) is 33.2 Å². The van der Waals surface area contributed by atoms with Crippen molar-refractivity contribution in [3.05, 3.63) is 58.1 Å². The van der Waals surface area contributed by atoms with Gasteiger partial charge < -0.3 is 15.2 Å². The van der Waals surface area contributed by atoms with E-state index >= 15 is 0 Å². The van der Waals surface area contributed by atoms with E-state index < -0.39 is 0 Å². The molecular formula is C21H30ClN3O2. The quantitative estimate of drug-likeness (QED) is 0.493. The lowest BCUT2D eigenvalue weighted by Gasteiger charge is -2.23. The van der Waals surface area contributed by atoms with E-state index in [4.69, 9.17) is 32.7 Å². The Kier molecular flexibility index (Phi) is 7.92. The van der Waals surface area contributed by atoms with Crippen molar-refractivity contribution in [3.8, 4) is 11.5 Å². The maximum absolute atomic E-state index is 6.47. The molecule has 2 aromatic rings. The Morgan fingerprint density at radius 1 is 1.00 bits per heavy atom. The third kappa shape index (κ3) is 5.84. The number of methoxy groups -OCH3 is 2. The summed E-state index contributed by atoms with van der Waals surface area (Å²) >= 11 is 5.92. The molecule has 0 aromatic heterocycles. The van der Waals surface area contributed by atoms with Gasteiger partial charge in [-0.1, -0.05) is 37.6 Å². The van der Waals surface area contributed by atoms with Crippen molar-refractivity contribution in [1.82, 2.24) is 5.01 Å². The molecule has 0 saturated carbocycles. The molecule has 27 heavy (non-hydrogen) atoms. The van der Waals surface area contributed by atoms with E-state index in [1.54, 1.807) is 19.2 Å². The molecule has 6 heteroatoms. The summed E-state index contributed by atoms with van der Waals surface area (Å²) in [6.07, 6.45) is 0.713. The van der Waals surface area contributed by atoms with Gasteiger partial charge in [-0.3, -0.25) is 5.84 Å². The fourth-order valence-corrected chi connectivity index (χ4v) is 3.18. The number of nitrogens with zero attached hydrogens (tertiary/aromatic N) is 1. The molecule has 5 nitrogen and oxygen atoms in total. The van der Waals surface area contributed by atoms with Gasteiger partial charge in [0.25, 0.3) is 0 Å². The molecule has 1 unspecified atom stereocenters. The number of halogens is 1. The minimum Gasteiger partial charge on any atom is -0.496 e. The van der Waals surface area contributed by atoms with Crippen molar-refractivity contribution >= 4 is 11.6 Å². The first-order valence-electron chi connectivity index (χ1n) is 9.11. The van der Waals surface area contributed by atoms with Crippen molar-refractivity contribution in [2.75, 3.05) is 20.8 Å². The fourth-order valence-electron chi connectivity index (χ4n) is 3.05. The van der Waals surface area contributed by atoms with Gasteiger partial charge in [-0.05, 0) is 41.7 Å². The molecule has 1 atom stereocenters. The van der Waals surface area contributed by atoms with Gasteiger partial charge in [0.05, 0.1) is 14.2 Å². The predicted octanol–water partition coefficient (Wildman–Crippen LogP) is 4.25. The van der Waals surface area contributed by atoms with Crippen LogP contribution >= 0.6 is 11.6 Å². The molecule has 0 saturated heterocycles. The molecule has 148 valence electrons. The Morgan fingerprint density at radius 2 is 1.59 bits per heavy atom. The van der Waals surface area contributed by atoms with E-state index in [-0.39, 0.29) is 6.04 Å². The highest BCUT2D eigenvalue weighted by Gasteiger charge is 2.18. The molecule has 0 aliphatic carbocycles. The Balaban J connectivity index is 2.06. The predicted molar refractivity (Wildman–Crippen MR) is 111 cm³/mol. The second-order valence-electron chi connectivity index (χ2n) is 6.98. The Bertz CT molecular complexity index is 735. The number of hydrogen-bond acceptors (Lipinski definition) is 5. The van der Waals surface area contributed by atoms with Crippen LogP contribution in [0.2, 0.25) is 5.02 Å². The molecular weight excluding hydrogens is 362 g/mol. The first kappa shape index (κ1) is 21.5. The third-order valence-electron chi connectivity index (χ3n) is 4.63. The second-order valence-corrected chi connectivity index (χ2v) is 7.42. The summed E-state index contributed by atoms with van der Waals surface area (Å²) < 4.78 is 11.0. The minimum atomic E-state index is -0.181. The minimum absolute atomic E-state index is 0.181. The number of nitrogens with two attached hydrogens (primary N) is 2. The SMILES string of the molecule is COc1cc(OC)c(C(N)CCN(N)Cc2ccc(Cl)cc2)cc1C(C)C. The molecule has 0 bridgehead atoms. The molecule has 4 N–H and O–H groups in total. The van der Waals surface area contributed by atoms with Crippen molar-refractivity contribution < 1.29 is 9.47 Å². The first-order valence-corrected chi connectivity index (χ1v) is 9.49. The lowest BCUT2D eigenvalue weighted by Crippen LogP contribution is -2.33. The average Bonchev–Trinajstić information content (AvgIpc) is 2.66. The maximum atomic E-state index is 6.47. The summed E-state index contributed by atoms with van der Waals surface area (Å²) in [5.74, 6) is 8.05. The van der Waals surface area contributed by atoms with E-state index in [1.165, 1.54) is 0 Å². The highest BCUT2D eigenvalue weighted by atomic mass is 35.5. The van der Waals surface area contributed by atoms with Gasteiger partial charge in [-0.25, -0.2) is 5.01 Å². The number of hydrogen-bond donors (Lipinski definition) is 2. The topological polar surface area (TPSA) is 73.7 Å². The van der Waals surface area contributed by atoms with E-state index in [1.807, 2.05) is 30.3 Å². The zero-order valence-corrected chi connectivity index (χ0v) is 17.3. The molecule has 0 radical (unpaired) electrons. The number of hydrazine groups is 1. The number of rotatable bonds is 9. The summed E-state index contributed by atoms with van der Waals surface area (Å²) in [6.45, 7) is 5.57. The number of benzene rings is 2. The van der Waals surface area contributed by atoms with Gasteiger partial charge in [-0.2, -0.15) is 0 Å². The van der Waals surface area contributed by atoms with Gasteiger partial charge in [-0.15, -0.1) is 0 Å². The van der Waals surface area contributed by atoms with Crippen molar-refractivity contribution in [2.45, 2.75) is 38.8 Å². The standard InChI is InChI=1S/C21H30ClN3O2/c1-14(2)17-11-18(21(27-4)12-20(17)26-3)19(23)9-10-25(24)13-15-5-7-16(22)8-6-15/h5-8,11-12,14,19H,9-10,13,23-24H2,1-4H3. The summed E-state index contributed by atoms with van der Waals surface area (Å²) in [5.41, 5.74) is 9.68. The molecule has 2 rings (SSSR count). The molecule has 0 aliphatic heterocycles. The van der Waals surface area contributed by atoms with Crippen LogP contribution in [0.15, 0.2) is 36.4 Å². The van der Waals surface area contributed by atoms with Crippen LogP contribution in [0.5, 0.6) is 11.5 Å². The van der Waals surface area contributed by atoms with Crippen LogP contribution in [0.3, 0.4) is 0 Å². The molecule has 0 amide bonds. The van der Waals surface area contributed by atoms with Crippen LogP contribution in [-0.4, -0.2) is 25.8 Å². The van der Waals surface area contributed by atoms with Crippen LogP contribution in [0.25, 0.3) is 0 Å². The van der Waals surface area contributed by atoms with E-state index in [2.05, 4.69) is 19.9 Å². The van der Waals surface area contributed by atoms with Crippen molar-refractivity contribution in [1.29, 1.82) is 0 Å². The lowest BCUT2D eigenvalue weighted by molar-refractivity contribution is 0.262. The molecule has 0 heterocycles. The summed E-state index contributed by atoms with van der Waals surface area (Å²) in [6, 6.07) is 11.5. The van der Waals surface area contributed by atoms with Crippen LogP contribution in [0.4, 0.5) is 0 Å².